The summed E-state index contributed by atoms with van der Waals surface area (Å²) in [4.78, 5) is 17.6. The standard InChI is InChI=1S/C16H26N2OS/c1-17(2)13-14-7-10-18(11-8-14)9-3-5-15(19)16-6-4-12-20-16/h4,6,12,14H,3,5,7-11,13H2,1-2H3. The van der Waals surface area contributed by atoms with Gasteiger partial charge in [-0.25, -0.2) is 0 Å². The van der Waals surface area contributed by atoms with E-state index in [0.717, 1.165) is 23.8 Å². The molecule has 0 saturated carbocycles. The highest BCUT2D eigenvalue weighted by Gasteiger charge is 2.19. The Labute approximate surface area is 126 Å². The Morgan fingerprint density at radius 1 is 1.40 bits per heavy atom. The van der Waals surface area contributed by atoms with Crippen LogP contribution in [0.4, 0.5) is 0 Å². The molecule has 0 N–H and O–H groups in total. The van der Waals surface area contributed by atoms with Crippen molar-refractivity contribution in [2.75, 3.05) is 40.3 Å². The second-order valence-electron chi connectivity index (χ2n) is 6.05. The van der Waals surface area contributed by atoms with E-state index < -0.39 is 0 Å². The molecule has 1 aromatic rings. The van der Waals surface area contributed by atoms with Crippen molar-refractivity contribution in [3.8, 4) is 0 Å². The average Bonchev–Trinajstić information content (AvgIpc) is 2.94. The summed E-state index contributed by atoms with van der Waals surface area (Å²) in [6.07, 6.45) is 4.29. The first kappa shape index (κ1) is 15.7. The van der Waals surface area contributed by atoms with Crippen LogP contribution in [0.15, 0.2) is 17.5 Å². The number of hydrogen-bond donors (Lipinski definition) is 0. The minimum Gasteiger partial charge on any atom is -0.309 e. The van der Waals surface area contributed by atoms with Crippen LogP contribution in [0.5, 0.6) is 0 Å². The number of likely N-dealkylation sites (tertiary alicyclic amines) is 1. The van der Waals surface area contributed by atoms with E-state index in [0.29, 0.717) is 12.2 Å². The summed E-state index contributed by atoms with van der Waals surface area (Å²) in [5.74, 6) is 1.16. The molecule has 4 heteroatoms. The minimum absolute atomic E-state index is 0.308. The number of rotatable bonds is 7. The molecule has 0 aromatic carbocycles. The van der Waals surface area contributed by atoms with Gasteiger partial charge in [-0.3, -0.25) is 4.79 Å². The third kappa shape index (κ3) is 5.00. The SMILES string of the molecule is CN(C)CC1CCN(CCCC(=O)c2cccs2)CC1. The van der Waals surface area contributed by atoms with Crippen LogP contribution in [0.25, 0.3) is 0 Å². The van der Waals surface area contributed by atoms with Crippen molar-refractivity contribution in [1.82, 2.24) is 9.80 Å². The first-order valence-electron chi connectivity index (χ1n) is 7.59. The summed E-state index contributed by atoms with van der Waals surface area (Å²) in [5, 5.41) is 1.97. The predicted molar refractivity (Wildman–Crippen MR) is 85.6 cm³/mol. The molecule has 2 heterocycles. The molecule has 0 amide bonds. The first-order chi connectivity index (χ1) is 9.65. The zero-order valence-corrected chi connectivity index (χ0v) is 13.5. The number of Topliss-reactive ketones (excluding diaryl/α,β-unsaturated/α-hetero) is 1. The lowest BCUT2D eigenvalue weighted by Crippen LogP contribution is -2.37. The number of hydrogen-bond acceptors (Lipinski definition) is 4. The van der Waals surface area contributed by atoms with Crippen LogP contribution >= 0.6 is 11.3 Å². The van der Waals surface area contributed by atoms with E-state index in [-0.39, 0.29) is 0 Å². The Morgan fingerprint density at radius 2 is 2.15 bits per heavy atom. The van der Waals surface area contributed by atoms with Gasteiger partial charge in [-0.15, -0.1) is 11.3 Å². The molecule has 0 unspecified atom stereocenters. The largest absolute Gasteiger partial charge is 0.309 e. The third-order valence-corrected chi connectivity index (χ3v) is 4.92. The third-order valence-electron chi connectivity index (χ3n) is 4.00. The zero-order valence-electron chi connectivity index (χ0n) is 12.7. The number of nitrogens with zero attached hydrogens (tertiary/aromatic N) is 2. The van der Waals surface area contributed by atoms with Crippen LogP contribution in [0.3, 0.4) is 0 Å². The fourth-order valence-electron chi connectivity index (χ4n) is 2.93. The van der Waals surface area contributed by atoms with Crippen LogP contribution in [0.2, 0.25) is 0 Å². The summed E-state index contributed by atoms with van der Waals surface area (Å²) in [7, 11) is 4.31. The van der Waals surface area contributed by atoms with E-state index >= 15 is 0 Å². The van der Waals surface area contributed by atoms with Crippen molar-refractivity contribution in [3.05, 3.63) is 22.4 Å². The van der Waals surface area contributed by atoms with E-state index in [1.54, 1.807) is 11.3 Å². The molecule has 1 aromatic heterocycles. The van der Waals surface area contributed by atoms with Crippen LogP contribution in [0, 0.1) is 5.92 Å². The van der Waals surface area contributed by atoms with Gasteiger partial charge in [0, 0.05) is 13.0 Å². The van der Waals surface area contributed by atoms with Crippen molar-refractivity contribution in [2.45, 2.75) is 25.7 Å². The van der Waals surface area contributed by atoms with E-state index in [1.165, 1.54) is 32.5 Å². The highest BCUT2D eigenvalue weighted by molar-refractivity contribution is 7.12. The number of piperidine rings is 1. The topological polar surface area (TPSA) is 23.6 Å². The van der Waals surface area contributed by atoms with Crippen molar-refractivity contribution >= 4 is 17.1 Å². The fourth-order valence-corrected chi connectivity index (χ4v) is 3.63. The molecule has 1 aliphatic rings. The van der Waals surface area contributed by atoms with Gasteiger partial charge in [0.15, 0.2) is 5.78 Å². The summed E-state index contributed by atoms with van der Waals surface area (Å²) in [6, 6.07) is 3.88. The molecule has 0 bridgehead atoms. The molecule has 0 aliphatic carbocycles. The monoisotopic (exact) mass is 294 g/mol. The summed E-state index contributed by atoms with van der Waals surface area (Å²) >= 11 is 1.56. The molecule has 20 heavy (non-hydrogen) atoms. The number of carbonyl (C=O) groups excluding carboxylic acids is 1. The van der Waals surface area contributed by atoms with Gasteiger partial charge in [-0.1, -0.05) is 6.07 Å². The predicted octanol–water partition coefficient (Wildman–Crippen LogP) is 2.98. The number of carbonyl (C=O) groups is 1. The van der Waals surface area contributed by atoms with Crippen molar-refractivity contribution in [1.29, 1.82) is 0 Å². The van der Waals surface area contributed by atoms with Gasteiger partial charge in [0.1, 0.15) is 0 Å². The minimum atomic E-state index is 0.308. The van der Waals surface area contributed by atoms with Crippen molar-refractivity contribution < 1.29 is 4.79 Å². The quantitative estimate of drug-likeness (QED) is 0.722. The van der Waals surface area contributed by atoms with Gasteiger partial charge in [0.05, 0.1) is 4.88 Å². The lowest BCUT2D eigenvalue weighted by Gasteiger charge is -2.33. The summed E-state index contributed by atoms with van der Waals surface area (Å²) in [6.45, 7) is 4.69. The average molecular weight is 294 g/mol. The highest BCUT2D eigenvalue weighted by Crippen LogP contribution is 2.18. The van der Waals surface area contributed by atoms with Crippen molar-refractivity contribution in [3.63, 3.8) is 0 Å². The fraction of sp³-hybridized carbons (Fsp3) is 0.688. The van der Waals surface area contributed by atoms with Gasteiger partial charge in [0.2, 0.25) is 0 Å². The molecule has 112 valence electrons. The normalized spacial score (nSPS) is 17.8. The van der Waals surface area contributed by atoms with Crippen molar-refractivity contribution in [2.24, 2.45) is 5.92 Å². The molecular formula is C16H26N2OS. The van der Waals surface area contributed by atoms with Crippen LogP contribution < -0.4 is 0 Å². The van der Waals surface area contributed by atoms with E-state index in [2.05, 4.69) is 23.9 Å². The van der Waals surface area contributed by atoms with Gasteiger partial charge in [-0.2, -0.15) is 0 Å². The lowest BCUT2D eigenvalue weighted by molar-refractivity contribution is 0.0972. The van der Waals surface area contributed by atoms with E-state index in [9.17, 15) is 4.79 Å². The molecule has 1 saturated heterocycles. The smallest absolute Gasteiger partial charge is 0.172 e. The van der Waals surface area contributed by atoms with Gasteiger partial charge in [0.25, 0.3) is 0 Å². The Morgan fingerprint density at radius 3 is 2.75 bits per heavy atom. The maximum Gasteiger partial charge on any atom is 0.172 e. The Hall–Kier alpha value is -0.710. The van der Waals surface area contributed by atoms with Gasteiger partial charge in [-0.05, 0) is 70.4 Å². The van der Waals surface area contributed by atoms with Crippen LogP contribution in [-0.4, -0.2) is 55.9 Å². The maximum atomic E-state index is 11.9. The summed E-state index contributed by atoms with van der Waals surface area (Å²) in [5.41, 5.74) is 0. The molecule has 0 spiro atoms. The van der Waals surface area contributed by atoms with Crippen LogP contribution in [-0.2, 0) is 0 Å². The Balaban J connectivity index is 1.60. The highest BCUT2D eigenvalue weighted by atomic mass is 32.1. The molecule has 0 atom stereocenters. The summed E-state index contributed by atoms with van der Waals surface area (Å²) < 4.78 is 0. The Kier molecular flexibility index (Phi) is 6.20. The molecule has 2 rings (SSSR count). The maximum absolute atomic E-state index is 11.9. The number of thiophene rings is 1. The zero-order chi connectivity index (χ0) is 14.4. The number of ketones is 1. The molecule has 0 radical (unpaired) electrons. The lowest BCUT2D eigenvalue weighted by atomic mass is 9.96. The second kappa shape index (κ2) is 7.91. The second-order valence-corrected chi connectivity index (χ2v) is 7.00. The molecular weight excluding hydrogens is 268 g/mol. The van der Waals surface area contributed by atoms with E-state index in [1.807, 2.05) is 17.5 Å². The molecule has 1 fully saturated rings. The molecule has 1 aliphatic heterocycles. The van der Waals surface area contributed by atoms with Gasteiger partial charge >= 0.3 is 0 Å². The van der Waals surface area contributed by atoms with Crippen LogP contribution in [0.1, 0.15) is 35.4 Å². The first-order valence-corrected chi connectivity index (χ1v) is 8.47. The Bertz CT molecular complexity index is 395. The van der Waals surface area contributed by atoms with Gasteiger partial charge < -0.3 is 9.80 Å². The van der Waals surface area contributed by atoms with E-state index in [4.69, 9.17) is 0 Å². The molecule has 3 nitrogen and oxygen atoms in total.